The van der Waals surface area contributed by atoms with Gasteiger partial charge in [-0.05, 0) is 54.6 Å². The van der Waals surface area contributed by atoms with Gasteiger partial charge in [-0.25, -0.2) is 4.39 Å². The summed E-state index contributed by atoms with van der Waals surface area (Å²) >= 11 is 0. The number of carbonyl (C=O) groups is 1. The van der Waals surface area contributed by atoms with Crippen LogP contribution >= 0.6 is 0 Å². The number of methoxy groups -OCH3 is 1. The minimum atomic E-state index is -0.329. The first-order valence-electron chi connectivity index (χ1n) is 9.53. The third-order valence-electron chi connectivity index (χ3n) is 4.54. The van der Waals surface area contributed by atoms with Crippen LogP contribution in [0.15, 0.2) is 84.9 Å². The highest BCUT2D eigenvalue weighted by atomic mass is 19.1. The van der Waals surface area contributed by atoms with Crippen LogP contribution in [-0.4, -0.2) is 23.2 Å². The van der Waals surface area contributed by atoms with Crippen molar-refractivity contribution in [2.24, 2.45) is 0 Å². The van der Waals surface area contributed by atoms with E-state index in [2.05, 4.69) is 20.8 Å². The van der Waals surface area contributed by atoms with E-state index in [1.807, 2.05) is 18.2 Å². The van der Waals surface area contributed by atoms with Gasteiger partial charge in [0.2, 0.25) is 0 Å². The molecule has 7 heteroatoms. The molecule has 31 heavy (non-hydrogen) atoms. The van der Waals surface area contributed by atoms with Crippen LogP contribution in [-0.2, 0) is 0 Å². The maximum atomic E-state index is 13.4. The summed E-state index contributed by atoms with van der Waals surface area (Å²) in [5.41, 5.74) is 2.96. The second-order valence-corrected chi connectivity index (χ2v) is 6.67. The molecule has 4 rings (SSSR count). The highest BCUT2D eigenvalue weighted by molar-refractivity contribution is 6.05. The maximum Gasteiger partial charge on any atom is 0.255 e. The molecule has 3 aromatic carbocycles. The molecule has 2 N–H and O–H groups in total. The number of halogens is 1. The van der Waals surface area contributed by atoms with Crippen molar-refractivity contribution >= 4 is 23.1 Å². The van der Waals surface area contributed by atoms with E-state index in [0.29, 0.717) is 39.8 Å². The molecule has 0 radical (unpaired) electrons. The highest BCUT2D eigenvalue weighted by Crippen LogP contribution is 2.25. The van der Waals surface area contributed by atoms with Crippen molar-refractivity contribution in [1.29, 1.82) is 0 Å². The number of ether oxygens (including phenoxy) is 1. The molecule has 0 atom stereocenters. The Kier molecular flexibility index (Phi) is 5.84. The van der Waals surface area contributed by atoms with Gasteiger partial charge < -0.3 is 15.4 Å². The lowest BCUT2D eigenvalue weighted by atomic mass is 10.1. The monoisotopic (exact) mass is 414 g/mol. The SMILES string of the molecule is COc1ccccc1NC(=O)c1cccc(Nc2ccc(-c3cccc(F)c3)nn2)c1. The van der Waals surface area contributed by atoms with Crippen LogP contribution in [0.25, 0.3) is 11.3 Å². The number of amides is 1. The zero-order chi connectivity index (χ0) is 21.6. The van der Waals surface area contributed by atoms with Gasteiger partial charge in [0.25, 0.3) is 5.91 Å². The number of hydrogen-bond donors (Lipinski definition) is 2. The lowest BCUT2D eigenvalue weighted by molar-refractivity contribution is 0.102. The van der Waals surface area contributed by atoms with Crippen LogP contribution in [0.2, 0.25) is 0 Å². The maximum absolute atomic E-state index is 13.4. The van der Waals surface area contributed by atoms with E-state index in [1.54, 1.807) is 61.7 Å². The number of carbonyl (C=O) groups excluding carboxylic acids is 1. The van der Waals surface area contributed by atoms with Gasteiger partial charge in [-0.1, -0.05) is 30.3 Å². The van der Waals surface area contributed by atoms with Crippen molar-refractivity contribution in [3.63, 3.8) is 0 Å². The number of anilines is 3. The molecule has 6 nitrogen and oxygen atoms in total. The summed E-state index contributed by atoms with van der Waals surface area (Å²) in [7, 11) is 1.55. The fraction of sp³-hybridized carbons (Fsp3) is 0.0417. The molecular formula is C24H19FN4O2. The first kappa shape index (κ1) is 20.0. The Bertz CT molecular complexity index is 1210. The van der Waals surface area contributed by atoms with Crippen LogP contribution in [0.1, 0.15) is 10.4 Å². The number of rotatable bonds is 6. The molecule has 0 aliphatic rings. The zero-order valence-electron chi connectivity index (χ0n) is 16.7. The molecule has 0 bridgehead atoms. The summed E-state index contributed by atoms with van der Waals surface area (Å²) in [6.07, 6.45) is 0. The Balaban J connectivity index is 1.48. The van der Waals surface area contributed by atoms with Crippen molar-refractivity contribution in [3.8, 4) is 17.0 Å². The Morgan fingerprint density at radius 2 is 1.74 bits per heavy atom. The average Bonchev–Trinajstić information content (AvgIpc) is 2.80. The topological polar surface area (TPSA) is 76.1 Å². The Morgan fingerprint density at radius 1 is 0.903 bits per heavy atom. The molecule has 1 heterocycles. The lowest BCUT2D eigenvalue weighted by Crippen LogP contribution is -2.12. The Labute approximate surface area is 178 Å². The third-order valence-corrected chi connectivity index (χ3v) is 4.54. The van der Waals surface area contributed by atoms with Gasteiger partial charge in [0, 0.05) is 16.8 Å². The Morgan fingerprint density at radius 3 is 2.52 bits per heavy atom. The van der Waals surface area contributed by atoms with E-state index in [4.69, 9.17) is 4.74 Å². The first-order valence-corrected chi connectivity index (χ1v) is 9.53. The van der Waals surface area contributed by atoms with Crippen LogP contribution in [0.5, 0.6) is 5.75 Å². The fourth-order valence-corrected chi connectivity index (χ4v) is 3.03. The summed E-state index contributed by atoms with van der Waals surface area (Å²) in [4.78, 5) is 12.7. The number of benzene rings is 3. The summed E-state index contributed by atoms with van der Waals surface area (Å²) in [6, 6.07) is 23.9. The molecule has 0 saturated heterocycles. The molecule has 4 aromatic rings. The number of hydrogen-bond acceptors (Lipinski definition) is 5. The van der Waals surface area contributed by atoms with Gasteiger partial charge in [0.1, 0.15) is 11.6 Å². The number of nitrogens with zero attached hydrogens (tertiary/aromatic N) is 2. The minimum absolute atomic E-state index is 0.263. The molecule has 154 valence electrons. The molecule has 0 saturated carbocycles. The third kappa shape index (κ3) is 4.84. The predicted octanol–water partition coefficient (Wildman–Crippen LogP) is 5.29. The van der Waals surface area contributed by atoms with Gasteiger partial charge in [-0.2, -0.15) is 0 Å². The molecule has 0 aliphatic carbocycles. The standard InChI is InChI=1S/C24H19FN4O2/c1-31-22-11-3-2-10-21(22)27-24(30)17-7-5-9-19(15-17)26-23-13-12-20(28-29-23)16-6-4-8-18(25)14-16/h2-15H,1H3,(H,26,29)(H,27,30). The number of aromatic nitrogens is 2. The smallest absolute Gasteiger partial charge is 0.255 e. The van der Waals surface area contributed by atoms with Gasteiger partial charge in [0.05, 0.1) is 18.5 Å². The van der Waals surface area contributed by atoms with Gasteiger partial charge in [-0.15, -0.1) is 10.2 Å². The van der Waals surface area contributed by atoms with Gasteiger partial charge in [0.15, 0.2) is 5.82 Å². The second-order valence-electron chi connectivity index (χ2n) is 6.67. The van der Waals surface area contributed by atoms with E-state index in [-0.39, 0.29) is 11.7 Å². The minimum Gasteiger partial charge on any atom is -0.495 e. The molecule has 0 unspecified atom stereocenters. The average molecular weight is 414 g/mol. The van der Waals surface area contributed by atoms with Crippen LogP contribution < -0.4 is 15.4 Å². The van der Waals surface area contributed by atoms with Crippen molar-refractivity contribution in [1.82, 2.24) is 10.2 Å². The fourth-order valence-electron chi connectivity index (χ4n) is 3.03. The predicted molar refractivity (Wildman–Crippen MR) is 118 cm³/mol. The second kappa shape index (κ2) is 9.04. The number of para-hydroxylation sites is 2. The number of nitrogens with one attached hydrogen (secondary N) is 2. The molecule has 0 spiro atoms. The highest BCUT2D eigenvalue weighted by Gasteiger charge is 2.10. The zero-order valence-corrected chi connectivity index (χ0v) is 16.7. The normalized spacial score (nSPS) is 10.4. The molecule has 1 amide bonds. The Hall–Kier alpha value is -4.26. The quantitative estimate of drug-likeness (QED) is 0.449. The van der Waals surface area contributed by atoms with Crippen LogP contribution in [0, 0.1) is 5.82 Å². The molecule has 0 aliphatic heterocycles. The van der Waals surface area contributed by atoms with E-state index >= 15 is 0 Å². The van der Waals surface area contributed by atoms with Crippen molar-refractivity contribution < 1.29 is 13.9 Å². The summed E-state index contributed by atoms with van der Waals surface area (Å²) in [6.45, 7) is 0. The van der Waals surface area contributed by atoms with Crippen LogP contribution in [0.4, 0.5) is 21.6 Å². The lowest BCUT2D eigenvalue weighted by Gasteiger charge is -2.11. The largest absolute Gasteiger partial charge is 0.495 e. The van der Waals surface area contributed by atoms with E-state index in [0.717, 1.165) is 0 Å². The first-order chi connectivity index (χ1) is 15.1. The molecule has 1 aromatic heterocycles. The van der Waals surface area contributed by atoms with Gasteiger partial charge in [-0.3, -0.25) is 4.79 Å². The summed E-state index contributed by atoms with van der Waals surface area (Å²) in [5, 5.41) is 14.3. The van der Waals surface area contributed by atoms with Crippen molar-refractivity contribution in [2.45, 2.75) is 0 Å². The van der Waals surface area contributed by atoms with Crippen LogP contribution in [0.3, 0.4) is 0 Å². The van der Waals surface area contributed by atoms with E-state index in [1.165, 1.54) is 12.1 Å². The van der Waals surface area contributed by atoms with Crippen molar-refractivity contribution in [2.75, 3.05) is 17.7 Å². The molecule has 0 fully saturated rings. The van der Waals surface area contributed by atoms with E-state index in [9.17, 15) is 9.18 Å². The summed E-state index contributed by atoms with van der Waals surface area (Å²) < 4.78 is 18.7. The summed E-state index contributed by atoms with van der Waals surface area (Å²) in [5.74, 6) is 0.492. The van der Waals surface area contributed by atoms with E-state index < -0.39 is 0 Å². The molecular weight excluding hydrogens is 395 g/mol. The van der Waals surface area contributed by atoms with Gasteiger partial charge >= 0.3 is 0 Å². The van der Waals surface area contributed by atoms with Crippen molar-refractivity contribution in [3.05, 3.63) is 96.3 Å².